The molecule has 0 amide bonds. The molecule has 0 saturated carbocycles. The molecule has 1 fully saturated rings. The van der Waals surface area contributed by atoms with Gasteiger partial charge in [0.2, 0.25) is 0 Å². The first kappa shape index (κ1) is 13.2. The summed E-state index contributed by atoms with van der Waals surface area (Å²) in [6, 6.07) is 8.75. The van der Waals surface area contributed by atoms with Crippen molar-refractivity contribution in [3.8, 4) is 0 Å². The van der Waals surface area contributed by atoms with E-state index in [0.717, 1.165) is 0 Å². The monoisotopic (exact) mass is 268 g/mol. The lowest BCUT2D eigenvalue weighted by molar-refractivity contribution is 0.0761. The average molecular weight is 268 g/mol. The lowest BCUT2D eigenvalue weighted by atomic mass is 9.85. The summed E-state index contributed by atoms with van der Waals surface area (Å²) in [7, 11) is -3.21. The number of ketones is 1. The fraction of sp³-hybridized carbons (Fsp3) is 0.462. The Kier molecular flexibility index (Phi) is 3.54. The minimum atomic E-state index is -3.21. The lowest BCUT2D eigenvalue weighted by Gasteiger charge is -2.19. The van der Waals surface area contributed by atoms with Crippen LogP contribution in [0.15, 0.2) is 30.3 Å². The molecule has 3 atom stereocenters. The van der Waals surface area contributed by atoms with Crippen LogP contribution in [0, 0.1) is 11.8 Å². The van der Waals surface area contributed by atoms with E-state index in [2.05, 4.69) is 0 Å². The predicted octanol–water partition coefficient (Wildman–Crippen LogP) is 0.911. The number of aliphatic hydroxyl groups is 1. The predicted molar refractivity (Wildman–Crippen MR) is 68.1 cm³/mol. The molecule has 1 aromatic rings. The summed E-state index contributed by atoms with van der Waals surface area (Å²) in [5.41, 5.74) is 0.557. The number of benzene rings is 1. The second-order valence-corrected chi connectivity index (χ2v) is 6.98. The number of carbonyl (C=O) groups is 1. The molecule has 98 valence electrons. The summed E-state index contributed by atoms with van der Waals surface area (Å²) >= 11 is 0. The Balaban J connectivity index is 2.18. The van der Waals surface area contributed by atoms with Crippen LogP contribution < -0.4 is 0 Å². The zero-order valence-corrected chi connectivity index (χ0v) is 10.9. The Morgan fingerprint density at radius 1 is 1.28 bits per heavy atom. The summed E-state index contributed by atoms with van der Waals surface area (Å²) in [6.45, 7) is 1.68. The number of hydrogen-bond donors (Lipinski definition) is 1. The Labute approximate surface area is 107 Å². The second kappa shape index (κ2) is 4.82. The van der Waals surface area contributed by atoms with Gasteiger partial charge in [-0.2, -0.15) is 0 Å². The third-order valence-electron chi connectivity index (χ3n) is 3.48. The molecule has 1 N–H and O–H groups in total. The van der Waals surface area contributed by atoms with Gasteiger partial charge in [0, 0.05) is 17.4 Å². The molecule has 3 unspecified atom stereocenters. The highest BCUT2D eigenvalue weighted by atomic mass is 32.2. The van der Waals surface area contributed by atoms with E-state index in [1.54, 1.807) is 31.2 Å². The molecule has 2 rings (SSSR count). The van der Waals surface area contributed by atoms with Crippen molar-refractivity contribution in [2.75, 3.05) is 11.5 Å². The molecule has 4 nitrogen and oxygen atoms in total. The zero-order valence-electron chi connectivity index (χ0n) is 10.1. The summed E-state index contributed by atoms with van der Waals surface area (Å²) < 4.78 is 22.9. The largest absolute Gasteiger partial charge is 0.392 e. The Bertz CT molecular complexity index is 535. The smallest absolute Gasteiger partial charge is 0.166 e. The molecule has 1 aromatic carbocycles. The molecule has 0 spiro atoms. The van der Waals surface area contributed by atoms with E-state index in [4.69, 9.17) is 0 Å². The van der Waals surface area contributed by atoms with Crippen molar-refractivity contribution >= 4 is 15.6 Å². The molecule has 1 heterocycles. The van der Waals surface area contributed by atoms with Crippen LogP contribution >= 0.6 is 0 Å². The second-order valence-electron chi connectivity index (χ2n) is 4.83. The maximum absolute atomic E-state index is 12.2. The third kappa shape index (κ3) is 2.62. The van der Waals surface area contributed by atoms with E-state index in [-0.39, 0.29) is 17.3 Å². The number of aliphatic hydroxyl groups excluding tert-OH is 1. The van der Waals surface area contributed by atoms with E-state index in [0.29, 0.717) is 5.56 Å². The molecule has 0 aromatic heterocycles. The summed E-state index contributed by atoms with van der Waals surface area (Å²) in [5.74, 6) is -1.43. The SMILES string of the molecule is CC(C(=O)c1ccccc1)C1CS(=O)(=O)CC1O. The fourth-order valence-corrected chi connectivity index (χ4v) is 4.39. The Morgan fingerprint density at radius 3 is 2.39 bits per heavy atom. The van der Waals surface area contributed by atoms with Crippen molar-refractivity contribution in [3.05, 3.63) is 35.9 Å². The van der Waals surface area contributed by atoms with Crippen LogP contribution in [0.5, 0.6) is 0 Å². The number of rotatable bonds is 3. The van der Waals surface area contributed by atoms with Crippen molar-refractivity contribution < 1.29 is 18.3 Å². The standard InChI is InChI=1S/C13H16O4S/c1-9(11-7-18(16,17)8-12(11)14)13(15)10-5-3-2-4-6-10/h2-6,9,11-12,14H,7-8H2,1H3. The zero-order chi connectivity index (χ0) is 13.3. The van der Waals surface area contributed by atoms with E-state index < -0.39 is 27.8 Å². The molecule has 18 heavy (non-hydrogen) atoms. The molecule has 5 heteroatoms. The van der Waals surface area contributed by atoms with Crippen LogP contribution in [0.4, 0.5) is 0 Å². The molecule has 0 radical (unpaired) electrons. The minimum absolute atomic E-state index is 0.103. The van der Waals surface area contributed by atoms with Gasteiger partial charge in [-0.25, -0.2) is 8.42 Å². The summed E-state index contributed by atoms with van der Waals surface area (Å²) in [5, 5.41) is 9.76. The van der Waals surface area contributed by atoms with E-state index in [9.17, 15) is 18.3 Å². The molecule has 1 aliphatic rings. The normalized spacial score (nSPS) is 27.9. The maximum Gasteiger partial charge on any atom is 0.166 e. The van der Waals surface area contributed by atoms with Gasteiger partial charge in [-0.15, -0.1) is 0 Å². The Hall–Kier alpha value is -1.20. The van der Waals surface area contributed by atoms with Crippen LogP contribution in [0.25, 0.3) is 0 Å². The van der Waals surface area contributed by atoms with Gasteiger partial charge in [-0.3, -0.25) is 4.79 Å². The van der Waals surface area contributed by atoms with Crippen molar-refractivity contribution in [2.45, 2.75) is 13.0 Å². The van der Waals surface area contributed by atoms with Crippen LogP contribution in [-0.2, 0) is 9.84 Å². The van der Waals surface area contributed by atoms with Gasteiger partial charge in [0.15, 0.2) is 15.6 Å². The van der Waals surface area contributed by atoms with Crippen molar-refractivity contribution in [2.24, 2.45) is 11.8 Å². The minimum Gasteiger partial charge on any atom is -0.392 e. The van der Waals surface area contributed by atoms with Gasteiger partial charge in [0.25, 0.3) is 0 Å². The van der Waals surface area contributed by atoms with Gasteiger partial charge in [0.05, 0.1) is 17.6 Å². The van der Waals surface area contributed by atoms with Crippen LogP contribution in [0.3, 0.4) is 0 Å². The topological polar surface area (TPSA) is 71.4 Å². The van der Waals surface area contributed by atoms with Crippen molar-refractivity contribution in [1.82, 2.24) is 0 Å². The van der Waals surface area contributed by atoms with E-state index >= 15 is 0 Å². The molecule has 1 saturated heterocycles. The highest BCUT2D eigenvalue weighted by Gasteiger charge is 2.41. The third-order valence-corrected chi connectivity index (χ3v) is 5.22. The van der Waals surface area contributed by atoms with E-state index in [1.165, 1.54) is 0 Å². The van der Waals surface area contributed by atoms with Gasteiger partial charge < -0.3 is 5.11 Å². The molecular formula is C13H16O4S. The van der Waals surface area contributed by atoms with Crippen LogP contribution in [0.1, 0.15) is 17.3 Å². The van der Waals surface area contributed by atoms with Crippen LogP contribution in [0.2, 0.25) is 0 Å². The summed E-state index contributed by atoms with van der Waals surface area (Å²) in [4.78, 5) is 12.2. The number of Topliss-reactive ketones (excluding diaryl/α,β-unsaturated/α-hetero) is 1. The Morgan fingerprint density at radius 2 is 1.89 bits per heavy atom. The van der Waals surface area contributed by atoms with Gasteiger partial charge >= 0.3 is 0 Å². The quantitative estimate of drug-likeness (QED) is 0.827. The first-order chi connectivity index (χ1) is 8.41. The molecule has 0 aliphatic carbocycles. The number of hydrogen-bond acceptors (Lipinski definition) is 4. The number of carbonyl (C=O) groups excluding carboxylic acids is 1. The number of sulfone groups is 1. The molecule has 1 aliphatic heterocycles. The van der Waals surface area contributed by atoms with Crippen molar-refractivity contribution in [1.29, 1.82) is 0 Å². The molecular weight excluding hydrogens is 252 g/mol. The van der Waals surface area contributed by atoms with Crippen molar-refractivity contribution in [3.63, 3.8) is 0 Å². The van der Waals surface area contributed by atoms with Gasteiger partial charge in [0.1, 0.15) is 0 Å². The molecule has 0 bridgehead atoms. The van der Waals surface area contributed by atoms with E-state index in [1.807, 2.05) is 6.07 Å². The lowest BCUT2D eigenvalue weighted by Crippen LogP contribution is -2.30. The first-order valence-electron chi connectivity index (χ1n) is 5.88. The average Bonchev–Trinajstić information content (AvgIpc) is 2.62. The highest BCUT2D eigenvalue weighted by Crippen LogP contribution is 2.28. The van der Waals surface area contributed by atoms with Crippen LogP contribution in [-0.4, -0.2) is 36.9 Å². The van der Waals surface area contributed by atoms with Gasteiger partial charge in [-0.1, -0.05) is 37.3 Å². The maximum atomic E-state index is 12.2. The highest BCUT2D eigenvalue weighted by molar-refractivity contribution is 7.91. The first-order valence-corrected chi connectivity index (χ1v) is 7.70. The summed E-state index contributed by atoms with van der Waals surface area (Å²) in [6.07, 6.45) is -0.933. The van der Waals surface area contributed by atoms with Gasteiger partial charge in [-0.05, 0) is 0 Å². The fourth-order valence-electron chi connectivity index (χ4n) is 2.39.